The number of fused-ring (bicyclic) bond motifs is 2. The quantitative estimate of drug-likeness (QED) is 0.841. The summed E-state index contributed by atoms with van der Waals surface area (Å²) in [6.45, 7) is 1.06. The molecule has 106 valence electrons. The molecular formula is C17H22N2O. The molecule has 0 heterocycles. The molecule has 0 aliphatic heterocycles. The number of nitrogens with zero attached hydrogens (tertiary/aromatic N) is 2. The van der Waals surface area contributed by atoms with Gasteiger partial charge < -0.3 is 9.64 Å². The normalized spacial score (nSPS) is 27.4. The number of hydrogen-bond donors (Lipinski definition) is 0. The summed E-state index contributed by atoms with van der Waals surface area (Å²) in [6, 6.07) is 7.97. The van der Waals surface area contributed by atoms with Gasteiger partial charge in [0.25, 0.3) is 0 Å². The van der Waals surface area contributed by atoms with E-state index < -0.39 is 0 Å². The molecule has 3 rings (SSSR count). The zero-order valence-electron chi connectivity index (χ0n) is 12.3. The molecule has 0 amide bonds. The van der Waals surface area contributed by atoms with Crippen LogP contribution >= 0.6 is 0 Å². The van der Waals surface area contributed by atoms with Gasteiger partial charge in [0.05, 0.1) is 18.4 Å². The van der Waals surface area contributed by atoms with Crippen LogP contribution < -0.4 is 9.64 Å². The monoisotopic (exact) mass is 270 g/mol. The SMILES string of the molecule is COc1ccc(C#N)c(N(C)CC2CC3CCC2C3)c1. The number of nitriles is 1. The average molecular weight is 270 g/mol. The fourth-order valence-corrected chi connectivity index (χ4v) is 4.10. The molecule has 2 aliphatic carbocycles. The summed E-state index contributed by atoms with van der Waals surface area (Å²) >= 11 is 0. The third kappa shape index (κ3) is 2.35. The van der Waals surface area contributed by atoms with Crippen molar-refractivity contribution in [3.05, 3.63) is 23.8 Å². The van der Waals surface area contributed by atoms with Crippen molar-refractivity contribution < 1.29 is 4.74 Å². The summed E-state index contributed by atoms with van der Waals surface area (Å²) in [6.07, 6.45) is 5.66. The molecule has 20 heavy (non-hydrogen) atoms. The second-order valence-electron chi connectivity index (χ2n) is 6.31. The van der Waals surface area contributed by atoms with Crippen molar-refractivity contribution in [3.8, 4) is 11.8 Å². The molecule has 3 nitrogen and oxygen atoms in total. The summed E-state index contributed by atoms with van der Waals surface area (Å²) in [5.41, 5.74) is 1.73. The Morgan fingerprint density at radius 2 is 2.20 bits per heavy atom. The number of benzene rings is 1. The number of rotatable bonds is 4. The predicted molar refractivity (Wildman–Crippen MR) is 79.9 cm³/mol. The van der Waals surface area contributed by atoms with E-state index in [1.54, 1.807) is 7.11 Å². The van der Waals surface area contributed by atoms with Crippen LogP contribution in [0.1, 0.15) is 31.2 Å². The fourth-order valence-electron chi connectivity index (χ4n) is 4.10. The molecule has 3 heteroatoms. The van der Waals surface area contributed by atoms with E-state index in [0.29, 0.717) is 0 Å². The van der Waals surface area contributed by atoms with Gasteiger partial charge in [0, 0.05) is 19.7 Å². The Kier molecular flexibility index (Phi) is 3.56. The minimum absolute atomic E-state index is 0.733. The van der Waals surface area contributed by atoms with E-state index in [4.69, 9.17) is 4.74 Å². The summed E-state index contributed by atoms with van der Waals surface area (Å²) in [4.78, 5) is 2.24. The maximum Gasteiger partial charge on any atom is 0.121 e. The Balaban J connectivity index is 1.76. The lowest BCUT2D eigenvalue weighted by molar-refractivity contribution is 0.337. The predicted octanol–water partition coefficient (Wildman–Crippen LogP) is 3.44. The molecule has 2 bridgehead atoms. The maximum atomic E-state index is 9.28. The molecular weight excluding hydrogens is 248 g/mol. The Labute approximate surface area is 121 Å². The van der Waals surface area contributed by atoms with Crippen LogP contribution in [0, 0.1) is 29.1 Å². The smallest absolute Gasteiger partial charge is 0.121 e. The van der Waals surface area contributed by atoms with E-state index in [1.807, 2.05) is 18.2 Å². The molecule has 3 unspecified atom stereocenters. The van der Waals surface area contributed by atoms with Gasteiger partial charge in [-0.2, -0.15) is 5.26 Å². The Morgan fingerprint density at radius 3 is 2.80 bits per heavy atom. The van der Waals surface area contributed by atoms with Crippen LogP contribution in [-0.4, -0.2) is 20.7 Å². The van der Waals surface area contributed by atoms with Crippen molar-refractivity contribution in [2.24, 2.45) is 17.8 Å². The highest BCUT2D eigenvalue weighted by molar-refractivity contribution is 5.61. The third-order valence-electron chi connectivity index (χ3n) is 5.13. The van der Waals surface area contributed by atoms with Gasteiger partial charge in [-0.15, -0.1) is 0 Å². The largest absolute Gasteiger partial charge is 0.497 e. The minimum atomic E-state index is 0.733. The topological polar surface area (TPSA) is 36.3 Å². The van der Waals surface area contributed by atoms with E-state index in [-0.39, 0.29) is 0 Å². The van der Waals surface area contributed by atoms with E-state index >= 15 is 0 Å². The lowest BCUT2D eigenvalue weighted by atomic mass is 9.88. The molecule has 2 fully saturated rings. The third-order valence-corrected chi connectivity index (χ3v) is 5.13. The number of hydrogen-bond acceptors (Lipinski definition) is 3. The molecule has 1 aromatic rings. The highest BCUT2D eigenvalue weighted by Gasteiger charge is 2.39. The fraction of sp³-hybridized carbons (Fsp3) is 0.588. The molecule has 0 N–H and O–H groups in total. The Morgan fingerprint density at radius 1 is 1.35 bits per heavy atom. The van der Waals surface area contributed by atoms with E-state index in [9.17, 15) is 5.26 Å². The summed E-state index contributed by atoms with van der Waals surface area (Å²) in [5, 5.41) is 9.28. The van der Waals surface area contributed by atoms with Crippen molar-refractivity contribution in [1.29, 1.82) is 5.26 Å². The van der Waals surface area contributed by atoms with Crippen LogP contribution in [0.2, 0.25) is 0 Å². The summed E-state index contributed by atoms with van der Waals surface area (Å²) in [5.74, 6) is 3.51. The first kappa shape index (κ1) is 13.3. The van der Waals surface area contributed by atoms with Crippen molar-refractivity contribution in [2.75, 3.05) is 25.6 Å². The van der Waals surface area contributed by atoms with Crippen LogP contribution in [0.25, 0.3) is 0 Å². The van der Waals surface area contributed by atoms with Crippen molar-refractivity contribution in [2.45, 2.75) is 25.7 Å². The van der Waals surface area contributed by atoms with E-state index in [2.05, 4.69) is 18.0 Å². The first-order valence-corrected chi connectivity index (χ1v) is 7.50. The number of ether oxygens (including phenoxy) is 1. The lowest BCUT2D eigenvalue weighted by Gasteiger charge is -2.29. The summed E-state index contributed by atoms with van der Waals surface area (Å²) < 4.78 is 5.29. The number of methoxy groups -OCH3 is 1. The Bertz CT molecular complexity index is 534. The first-order valence-electron chi connectivity index (χ1n) is 7.50. The Hall–Kier alpha value is -1.69. The van der Waals surface area contributed by atoms with Gasteiger partial charge in [-0.3, -0.25) is 0 Å². The van der Waals surface area contributed by atoms with Gasteiger partial charge in [0.1, 0.15) is 11.8 Å². The van der Waals surface area contributed by atoms with E-state index in [0.717, 1.165) is 41.3 Å². The van der Waals surface area contributed by atoms with Crippen LogP contribution in [0.15, 0.2) is 18.2 Å². The highest BCUT2D eigenvalue weighted by atomic mass is 16.5. The molecule has 0 saturated heterocycles. The van der Waals surface area contributed by atoms with Crippen LogP contribution in [-0.2, 0) is 0 Å². The lowest BCUT2D eigenvalue weighted by Crippen LogP contribution is -2.29. The minimum Gasteiger partial charge on any atom is -0.497 e. The molecule has 3 atom stereocenters. The van der Waals surface area contributed by atoms with Crippen molar-refractivity contribution >= 4 is 5.69 Å². The van der Waals surface area contributed by atoms with E-state index in [1.165, 1.54) is 25.7 Å². The van der Waals surface area contributed by atoms with Crippen LogP contribution in [0.3, 0.4) is 0 Å². The molecule has 2 aliphatic rings. The molecule has 2 saturated carbocycles. The van der Waals surface area contributed by atoms with Gasteiger partial charge >= 0.3 is 0 Å². The standard InChI is InChI=1S/C17H22N2O/c1-19(11-15-8-12-3-4-13(15)7-12)17-9-16(20-2)6-5-14(17)10-18/h5-6,9,12-13,15H,3-4,7-8,11H2,1-2H3. The molecule has 0 radical (unpaired) electrons. The second-order valence-corrected chi connectivity index (χ2v) is 6.31. The molecule has 0 spiro atoms. The summed E-state index contributed by atoms with van der Waals surface area (Å²) in [7, 11) is 3.77. The average Bonchev–Trinajstić information content (AvgIpc) is 3.09. The van der Waals surface area contributed by atoms with Gasteiger partial charge in [-0.25, -0.2) is 0 Å². The molecule has 1 aromatic carbocycles. The number of anilines is 1. The van der Waals surface area contributed by atoms with Crippen molar-refractivity contribution in [3.63, 3.8) is 0 Å². The highest BCUT2D eigenvalue weighted by Crippen LogP contribution is 2.48. The maximum absolute atomic E-state index is 9.28. The van der Waals surface area contributed by atoms with Gasteiger partial charge in [-0.05, 0) is 49.1 Å². The van der Waals surface area contributed by atoms with Crippen LogP contribution in [0.4, 0.5) is 5.69 Å². The molecule has 0 aromatic heterocycles. The zero-order valence-corrected chi connectivity index (χ0v) is 12.3. The zero-order chi connectivity index (χ0) is 14.1. The van der Waals surface area contributed by atoms with Gasteiger partial charge in [0.2, 0.25) is 0 Å². The second kappa shape index (κ2) is 5.36. The van der Waals surface area contributed by atoms with Gasteiger partial charge in [-0.1, -0.05) is 6.42 Å². The first-order chi connectivity index (χ1) is 9.71. The van der Waals surface area contributed by atoms with Crippen LogP contribution in [0.5, 0.6) is 5.75 Å². The van der Waals surface area contributed by atoms with Gasteiger partial charge in [0.15, 0.2) is 0 Å². The van der Waals surface area contributed by atoms with Crippen molar-refractivity contribution in [1.82, 2.24) is 0 Å².